The molecule has 1 aliphatic rings. The van der Waals surface area contributed by atoms with Gasteiger partial charge in [0.25, 0.3) is 0 Å². The number of phosphoric acid groups is 3. The monoisotopic (exact) mass is 543 g/mol. The van der Waals surface area contributed by atoms with Crippen LogP contribution in [0.25, 0.3) is 11.2 Å². The summed E-state index contributed by atoms with van der Waals surface area (Å²) in [6, 6.07) is 0. The van der Waals surface area contributed by atoms with Crippen LogP contribution in [0.2, 0.25) is 5.28 Å². The Hall–Kier alpha value is -1.10. The first-order chi connectivity index (χ1) is 14.6. The van der Waals surface area contributed by atoms with Crippen molar-refractivity contribution < 1.29 is 60.6 Å². The molecule has 2 aromatic rings. The second-order valence-corrected chi connectivity index (χ2v) is 10.8. The molecule has 3 rings (SSSR count). The largest absolute Gasteiger partial charge is 0.490 e. The molecule has 32 heavy (non-hydrogen) atoms. The van der Waals surface area contributed by atoms with E-state index in [1.165, 1.54) is 0 Å². The number of imidazole rings is 1. The van der Waals surface area contributed by atoms with E-state index in [4.69, 9.17) is 36.8 Å². The van der Waals surface area contributed by atoms with E-state index in [2.05, 4.69) is 28.1 Å². The third kappa shape index (κ3) is 5.87. The van der Waals surface area contributed by atoms with Gasteiger partial charge in [-0.15, -0.1) is 0 Å². The van der Waals surface area contributed by atoms with Gasteiger partial charge in [-0.2, -0.15) is 18.6 Å². The topological polar surface area (TPSA) is 259 Å². The van der Waals surface area contributed by atoms with Crippen LogP contribution in [0.1, 0.15) is 6.23 Å². The standard InChI is InChI=1S/C10H14ClFN5O12P3/c11-10-15-7(13)5-8(16-10)17(2-14-5)9-4(12)6(18)3(27-9)1-26-31(22,23)29-32(24,25)28-30(19,20)21/h2-4,6,9,18H,1H2,(H,22,23)(H,24,25)(H2,13,15,16)(H2,19,20,21)/t3-,4?,6?,9-/m1/s1. The van der Waals surface area contributed by atoms with Crippen molar-refractivity contribution in [1.29, 1.82) is 0 Å². The van der Waals surface area contributed by atoms with Gasteiger partial charge in [-0.05, 0) is 11.6 Å². The molecule has 1 aliphatic heterocycles. The smallest absolute Gasteiger partial charge is 0.387 e. The first-order valence-electron chi connectivity index (χ1n) is 8.00. The molecule has 3 heterocycles. The average Bonchev–Trinajstić information content (AvgIpc) is 3.12. The number of aromatic nitrogens is 4. The van der Waals surface area contributed by atoms with Gasteiger partial charge in [-0.3, -0.25) is 9.09 Å². The molecule has 4 unspecified atom stereocenters. The fourth-order valence-electron chi connectivity index (χ4n) is 2.63. The molecule has 1 fully saturated rings. The van der Waals surface area contributed by atoms with Gasteiger partial charge in [0.1, 0.15) is 17.7 Å². The van der Waals surface area contributed by atoms with Crippen LogP contribution in [0, 0.1) is 0 Å². The second-order valence-electron chi connectivity index (χ2n) is 6.09. The Balaban J connectivity index is 1.72. The summed E-state index contributed by atoms with van der Waals surface area (Å²) in [6.07, 6.45) is -6.20. The molecule has 0 radical (unpaired) electrons. The van der Waals surface area contributed by atoms with E-state index in [1.807, 2.05) is 0 Å². The number of aliphatic hydroxyl groups is 1. The fourth-order valence-corrected chi connectivity index (χ4v) is 5.83. The molecule has 6 atom stereocenters. The highest BCUT2D eigenvalue weighted by Gasteiger charge is 2.48. The summed E-state index contributed by atoms with van der Waals surface area (Å²) in [7, 11) is -16.8. The molecule has 0 saturated carbocycles. The molecule has 0 aromatic carbocycles. The van der Waals surface area contributed by atoms with Crippen molar-refractivity contribution in [2.45, 2.75) is 24.6 Å². The number of phosphoric ester groups is 1. The van der Waals surface area contributed by atoms with E-state index in [0.29, 0.717) is 0 Å². The van der Waals surface area contributed by atoms with Crippen molar-refractivity contribution in [3.63, 3.8) is 0 Å². The lowest BCUT2D eigenvalue weighted by atomic mass is 10.1. The first kappa shape index (κ1) is 25.5. The normalized spacial score (nSPS) is 28.0. The molecule has 0 amide bonds. The number of nitrogen functional groups attached to an aromatic ring is 1. The summed E-state index contributed by atoms with van der Waals surface area (Å²) >= 11 is 5.72. The number of hydrogen-bond donors (Lipinski definition) is 6. The Morgan fingerprint density at radius 1 is 1.19 bits per heavy atom. The van der Waals surface area contributed by atoms with E-state index in [0.717, 1.165) is 10.9 Å². The quantitative estimate of drug-likeness (QED) is 0.189. The number of halogens is 2. The third-order valence-electron chi connectivity index (χ3n) is 3.81. The van der Waals surface area contributed by atoms with Gasteiger partial charge in [-0.1, -0.05) is 0 Å². The van der Waals surface area contributed by atoms with Crippen LogP contribution < -0.4 is 5.73 Å². The Kier molecular flexibility index (Phi) is 7.12. The molecule has 2 aromatic heterocycles. The highest BCUT2D eigenvalue weighted by molar-refractivity contribution is 7.66. The summed E-state index contributed by atoms with van der Waals surface area (Å²) in [6.45, 7) is -1.06. The zero-order valence-electron chi connectivity index (χ0n) is 15.2. The molecule has 0 spiro atoms. The van der Waals surface area contributed by atoms with Gasteiger partial charge in [0.2, 0.25) is 5.28 Å². The van der Waals surface area contributed by atoms with Crippen LogP contribution >= 0.6 is 35.1 Å². The molecular weight excluding hydrogens is 530 g/mol. The lowest BCUT2D eigenvalue weighted by Gasteiger charge is -2.19. The number of rotatable bonds is 8. The van der Waals surface area contributed by atoms with Gasteiger partial charge in [0.05, 0.1) is 12.9 Å². The van der Waals surface area contributed by atoms with E-state index in [1.54, 1.807) is 0 Å². The summed E-state index contributed by atoms with van der Waals surface area (Å²) in [4.78, 5) is 47.0. The van der Waals surface area contributed by atoms with E-state index in [-0.39, 0.29) is 22.3 Å². The molecular formula is C10H14ClFN5O12P3. The van der Waals surface area contributed by atoms with Gasteiger partial charge < -0.3 is 35.2 Å². The number of ether oxygens (including phenoxy) is 1. The van der Waals surface area contributed by atoms with Crippen LogP contribution in [0.4, 0.5) is 10.2 Å². The van der Waals surface area contributed by atoms with Gasteiger partial charge in [0, 0.05) is 0 Å². The van der Waals surface area contributed by atoms with E-state index in [9.17, 15) is 28.1 Å². The van der Waals surface area contributed by atoms with Crippen LogP contribution in [-0.4, -0.2) is 69.2 Å². The van der Waals surface area contributed by atoms with Crippen molar-refractivity contribution in [2.24, 2.45) is 0 Å². The van der Waals surface area contributed by atoms with Crippen molar-refractivity contribution in [3.8, 4) is 0 Å². The number of hydrogen-bond acceptors (Lipinski definition) is 12. The summed E-state index contributed by atoms with van der Waals surface area (Å²) in [5, 5.41) is 9.77. The van der Waals surface area contributed by atoms with Crippen molar-refractivity contribution >= 4 is 52.1 Å². The molecule has 7 N–H and O–H groups in total. The molecule has 0 bridgehead atoms. The molecule has 180 valence electrons. The molecule has 17 nitrogen and oxygen atoms in total. The zero-order valence-corrected chi connectivity index (χ0v) is 18.6. The maximum atomic E-state index is 14.7. The van der Waals surface area contributed by atoms with Crippen molar-refractivity contribution in [3.05, 3.63) is 11.6 Å². The SMILES string of the molecule is Nc1nc(Cl)nc2c1ncn2[C@@H]1O[C@H](COP(=O)(O)OP(=O)(O)OP(=O)(O)O)C(O)C1F. The summed E-state index contributed by atoms with van der Waals surface area (Å²) < 4.78 is 66.1. The predicted octanol–water partition coefficient (Wildman–Crippen LogP) is 0.00160. The molecule has 1 saturated heterocycles. The number of alkyl halides is 1. The van der Waals surface area contributed by atoms with Crippen LogP contribution in [-0.2, 0) is 31.6 Å². The maximum absolute atomic E-state index is 14.7. The maximum Gasteiger partial charge on any atom is 0.490 e. The highest BCUT2D eigenvalue weighted by Crippen LogP contribution is 2.66. The Labute approximate surface area is 181 Å². The van der Waals surface area contributed by atoms with Gasteiger partial charge in [-0.25, -0.2) is 23.1 Å². The van der Waals surface area contributed by atoms with Crippen LogP contribution in [0.5, 0.6) is 0 Å². The number of aliphatic hydroxyl groups excluding tert-OH is 1. The number of nitrogens with two attached hydrogens (primary N) is 1. The number of nitrogens with zero attached hydrogens (tertiary/aromatic N) is 4. The summed E-state index contributed by atoms with van der Waals surface area (Å²) in [5.41, 5.74) is 5.66. The van der Waals surface area contributed by atoms with E-state index < -0.39 is 54.7 Å². The number of anilines is 1. The molecule has 22 heteroatoms. The lowest BCUT2D eigenvalue weighted by Crippen LogP contribution is -2.31. The Morgan fingerprint density at radius 2 is 1.84 bits per heavy atom. The van der Waals surface area contributed by atoms with E-state index >= 15 is 0 Å². The summed E-state index contributed by atoms with van der Waals surface area (Å²) in [5.74, 6) is -0.114. The number of fused-ring (bicyclic) bond motifs is 1. The van der Waals surface area contributed by atoms with Gasteiger partial charge in [0.15, 0.2) is 23.9 Å². The fraction of sp³-hybridized carbons (Fsp3) is 0.500. The Morgan fingerprint density at radius 3 is 2.47 bits per heavy atom. The van der Waals surface area contributed by atoms with Crippen molar-refractivity contribution in [1.82, 2.24) is 19.5 Å². The van der Waals surface area contributed by atoms with Crippen molar-refractivity contribution in [2.75, 3.05) is 12.3 Å². The minimum Gasteiger partial charge on any atom is -0.387 e. The second kappa shape index (κ2) is 8.92. The minimum atomic E-state index is -5.74. The van der Waals surface area contributed by atoms with Crippen LogP contribution in [0.3, 0.4) is 0 Å². The first-order valence-corrected chi connectivity index (χ1v) is 12.9. The molecule has 0 aliphatic carbocycles. The predicted molar refractivity (Wildman–Crippen MR) is 99.4 cm³/mol. The Bertz CT molecular complexity index is 1160. The minimum absolute atomic E-state index is 0.0455. The lowest BCUT2D eigenvalue weighted by molar-refractivity contribution is -0.0450. The average molecular weight is 544 g/mol. The third-order valence-corrected chi connectivity index (χ3v) is 7.78. The zero-order chi connectivity index (χ0) is 24.1. The van der Waals surface area contributed by atoms with Crippen LogP contribution in [0.15, 0.2) is 6.33 Å². The highest BCUT2D eigenvalue weighted by atomic mass is 35.5. The van der Waals surface area contributed by atoms with Gasteiger partial charge >= 0.3 is 23.5 Å².